The maximum absolute atomic E-state index is 10.1. The van der Waals surface area contributed by atoms with Gasteiger partial charge in [0.2, 0.25) is 0 Å². The minimum absolute atomic E-state index is 0.0483. The number of hydrogen-bond donors (Lipinski definition) is 2. The quantitative estimate of drug-likeness (QED) is 0.878. The molecule has 2 rings (SSSR count). The fraction of sp³-hybridized carbons (Fsp3) is 0.333. The third-order valence-electron chi connectivity index (χ3n) is 3.18. The van der Waals surface area contributed by atoms with Gasteiger partial charge in [-0.2, -0.15) is 0 Å². The summed E-state index contributed by atoms with van der Waals surface area (Å²) >= 11 is 6.05. The molecule has 0 aliphatic heterocycles. The van der Waals surface area contributed by atoms with Crippen LogP contribution in [0.2, 0.25) is 5.02 Å². The second kappa shape index (κ2) is 6.24. The Kier molecular flexibility index (Phi) is 4.64. The summed E-state index contributed by atoms with van der Waals surface area (Å²) in [6.45, 7) is 4.43. The highest BCUT2D eigenvalue weighted by Crippen LogP contribution is 2.23. The van der Waals surface area contributed by atoms with E-state index in [9.17, 15) is 5.11 Å². The predicted octanol–water partition coefficient (Wildman–Crippen LogP) is 3.63. The number of halogens is 1. The van der Waals surface area contributed by atoms with Crippen LogP contribution in [-0.2, 0) is 0 Å². The smallest absolute Gasteiger partial charge is 0.123 e. The summed E-state index contributed by atoms with van der Waals surface area (Å²) in [5.41, 5.74) is 1.84. The number of aryl methyl sites for hydroxylation is 1. The van der Waals surface area contributed by atoms with Gasteiger partial charge < -0.3 is 14.8 Å². The van der Waals surface area contributed by atoms with Crippen LogP contribution < -0.4 is 5.32 Å². The highest BCUT2D eigenvalue weighted by molar-refractivity contribution is 6.31. The molecule has 0 radical (unpaired) electrons. The second-order valence-electron chi connectivity index (χ2n) is 4.64. The lowest BCUT2D eigenvalue weighted by Crippen LogP contribution is -2.25. The van der Waals surface area contributed by atoms with E-state index in [0.717, 1.165) is 16.9 Å². The van der Waals surface area contributed by atoms with Gasteiger partial charge in [-0.15, -0.1) is 0 Å². The molecule has 102 valence electrons. The topological polar surface area (TPSA) is 45.4 Å². The largest absolute Gasteiger partial charge is 0.467 e. The van der Waals surface area contributed by atoms with E-state index in [1.165, 1.54) is 0 Å². The Morgan fingerprint density at radius 1 is 1.32 bits per heavy atom. The van der Waals surface area contributed by atoms with Crippen LogP contribution in [0, 0.1) is 6.92 Å². The van der Waals surface area contributed by atoms with E-state index in [1.807, 2.05) is 38.1 Å². The number of nitrogens with one attached hydrogen (secondary N) is 1. The van der Waals surface area contributed by atoms with Crippen LogP contribution in [-0.4, -0.2) is 11.7 Å². The fourth-order valence-corrected chi connectivity index (χ4v) is 2.33. The monoisotopic (exact) mass is 279 g/mol. The number of rotatable bonds is 5. The van der Waals surface area contributed by atoms with Crippen LogP contribution in [0.5, 0.6) is 0 Å². The van der Waals surface area contributed by atoms with Crippen molar-refractivity contribution in [1.82, 2.24) is 5.32 Å². The van der Waals surface area contributed by atoms with Gasteiger partial charge in [-0.05, 0) is 31.5 Å². The molecule has 1 aromatic heterocycles. The Morgan fingerprint density at radius 3 is 2.68 bits per heavy atom. The lowest BCUT2D eigenvalue weighted by molar-refractivity contribution is 0.169. The molecule has 3 nitrogen and oxygen atoms in total. The molecular weight excluding hydrogens is 262 g/mol. The molecule has 4 heteroatoms. The predicted molar refractivity (Wildman–Crippen MR) is 76.3 cm³/mol. The van der Waals surface area contributed by atoms with Gasteiger partial charge in [0.05, 0.1) is 18.4 Å². The summed E-state index contributed by atoms with van der Waals surface area (Å²) in [7, 11) is 0. The average Bonchev–Trinajstić information content (AvgIpc) is 2.82. The summed E-state index contributed by atoms with van der Waals surface area (Å²) in [6, 6.07) is 9.30. The summed E-state index contributed by atoms with van der Waals surface area (Å²) < 4.78 is 5.42. The van der Waals surface area contributed by atoms with Crippen molar-refractivity contribution in [2.24, 2.45) is 0 Å². The van der Waals surface area contributed by atoms with Gasteiger partial charge in [0, 0.05) is 17.1 Å². The average molecular weight is 280 g/mol. The minimum atomic E-state index is -0.633. The number of aliphatic hydroxyl groups excluding tert-OH is 1. The molecule has 0 bridgehead atoms. The molecule has 1 aromatic carbocycles. The first-order valence-electron chi connectivity index (χ1n) is 6.29. The molecule has 1 heterocycles. The molecule has 2 atom stereocenters. The lowest BCUT2D eigenvalue weighted by Gasteiger charge is -2.17. The van der Waals surface area contributed by atoms with Gasteiger partial charge in [-0.1, -0.05) is 29.8 Å². The zero-order chi connectivity index (χ0) is 13.8. The van der Waals surface area contributed by atoms with E-state index >= 15 is 0 Å². The van der Waals surface area contributed by atoms with Crippen molar-refractivity contribution in [2.45, 2.75) is 26.0 Å². The van der Waals surface area contributed by atoms with Crippen LogP contribution in [0.25, 0.3) is 0 Å². The summed E-state index contributed by atoms with van der Waals surface area (Å²) in [4.78, 5) is 0. The second-order valence-corrected chi connectivity index (χ2v) is 5.04. The zero-order valence-corrected chi connectivity index (χ0v) is 11.8. The van der Waals surface area contributed by atoms with Crippen molar-refractivity contribution in [2.75, 3.05) is 6.54 Å². The molecule has 0 amide bonds. The van der Waals surface area contributed by atoms with Gasteiger partial charge in [-0.25, -0.2) is 0 Å². The molecule has 2 aromatic rings. The Morgan fingerprint density at radius 2 is 2.05 bits per heavy atom. The summed E-state index contributed by atoms with van der Waals surface area (Å²) in [6.07, 6.45) is 1.04. The number of furan rings is 1. The van der Waals surface area contributed by atoms with Crippen molar-refractivity contribution >= 4 is 11.6 Å². The molecule has 2 unspecified atom stereocenters. The van der Waals surface area contributed by atoms with E-state index < -0.39 is 6.10 Å². The van der Waals surface area contributed by atoms with Gasteiger partial charge in [0.1, 0.15) is 5.76 Å². The molecule has 0 aliphatic rings. The van der Waals surface area contributed by atoms with Crippen LogP contribution in [0.15, 0.2) is 41.0 Å². The highest BCUT2D eigenvalue weighted by Gasteiger charge is 2.15. The molecular formula is C15H18ClNO2. The van der Waals surface area contributed by atoms with Crippen LogP contribution >= 0.6 is 11.6 Å². The van der Waals surface area contributed by atoms with Crippen LogP contribution in [0.4, 0.5) is 0 Å². The van der Waals surface area contributed by atoms with E-state index in [4.69, 9.17) is 16.0 Å². The molecule has 0 aliphatic carbocycles. The SMILES string of the molecule is Cc1ccoc1C(C)NCC(O)c1ccccc1Cl. The lowest BCUT2D eigenvalue weighted by atomic mass is 10.1. The maximum atomic E-state index is 10.1. The normalized spacial score (nSPS) is 14.3. The molecule has 19 heavy (non-hydrogen) atoms. The van der Waals surface area contributed by atoms with Gasteiger partial charge in [0.25, 0.3) is 0 Å². The standard InChI is InChI=1S/C15H18ClNO2/c1-10-7-8-19-15(10)11(2)17-9-14(18)12-5-3-4-6-13(12)16/h3-8,11,14,17-18H,9H2,1-2H3. The van der Waals surface area contributed by atoms with E-state index in [1.54, 1.807) is 12.3 Å². The van der Waals surface area contributed by atoms with Gasteiger partial charge in [0.15, 0.2) is 0 Å². The molecule has 0 fully saturated rings. The summed E-state index contributed by atoms with van der Waals surface area (Å²) in [5.74, 6) is 0.895. The first-order valence-corrected chi connectivity index (χ1v) is 6.67. The Bertz CT molecular complexity index is 538. The van der Waals surface area contributed by atoms with Crippen molar-refractivity contribution in [3.8, 4) is 0 Å². The van der Waals surface area contributed by atoms with Crippen molar-refractivity contribution < 1.29 is 9.52 Å². The van der Waals surface area contributed by atoms with Crippen molar-refractivity contribution in [3.05, 3.63) is 58.5 Å². The van der Waals surface area contributed by atoms with Gasteiger partial charge in [-0.3, -0.25) is 0 Å². The van der Waals surface area contributed by atoms with E-state index in [0.29, 0.717) is 11.6 Å². The first kappa shape index (κ1) is 14.1. The fourth-order valence-electron chi connectivity index (χ4n) is 2.06. The minimum Gasteiger partial charge on any atom is -0.467 e. The Labute approximate surface area is 118 Å². The number of aliphatic hydroxyl groups is 1. The zero-order valence-electron chi connectivity index (χ0n) is 11.1. The highest BCUT2D eigenvalue weighted by atomic mass is 35.5. The van der Waals surface area contributed by atoms with Crippen molar-refractivity contribution in [1.29, 1.82) is 0 Å². The molecule has 0 spiro atoms. The summed E-state index contributed by atoms with van der Waals surface area (Å²) in [5, 5.41) is 14.0. The third-order valence-corrected chi connectivity index (χ3v) is 3.52. The molecule has 0 saturated carbocycles. The molecule has 2 N–H and O–H groups in total. The van der Waals surface area contributed by atoms with Gasteiger partial charge >= 0.3 is 0 Å². The Balaban J connectivity index is 1.96. The van der Waals surface area contributed by atoms with Crippen LogP contribution in [0.3, 0.4) is 0 Å². The number of hydrogen-bond acceptors (Lipinski definition) is 3. The van der Waals surface area contributed by atoms with Crippen LogP contribution in [0.1, 0.15) is 36.0 Å². The van der Waals surface area contributed by atoms with Crippen molar-refractivity contribution in [3.63, 3.8) is 0 Å². The third kappa shape index (κ3) is 3.38. The molecule has 0 saturated heterocycles. The number of benzene rings is 1. The Hall–Kier alpha value is -1.29. The van der Waals surface area contributed by atoms with E-state index in [2.05, 4.69) is 5.32 Å². The first-order chi connectivity index (χ1) is 9.09. The van der Waals surface area contributed by atoms with E-state index in [-0.39, 0.29) is 6.04 Å². The maximum Gasteiger partial charge on any atom is 0.123 e.